The molecule has 0 saturated carbocycles. The lowest BCUT2D eigenvalue weighted by atomic mass is 10.0. The number of benzene rings is 1. The van der Waals surface area contributed by atoms with Crippen LogP contribution < -0.4 is 5.32 Å². The molecule has 0 saturated heterocycles. The van der Waals surface area contributed by atoms with Crippen LogP contribution in [0.25, 0.3) is 11.1 Å². The number of aryl methyl sites for hydroxylation is 1. The molecule has 1 heterocycles. The predicted octanol–water partition coefficient (Wildman–Crippen LogP) is 4.03. The largest absolute Gasteiger partial charge is 0.467 e. The summed E-state index contributed by atoms with van der Waals surface area (Å²) in [5.74, 6) is -0.224. The molecule has 102 valence electrons. The Labute approximate surface area is 111 Å². The second-order valence-electron chi connectivity index (χ2n) is 4.52. The molecule has 0 aliphatic rings. The molecule has 1 aromatic carbocycles. The van der Waals surface area contributed by atoms with Crippen LogP contribution in [0.2, 0.25) is 0 Å². The highest BCUT2D eigenvalue weighted by Crippen LogP contribution is 2.29. The smallest absolute Gasteiger partial charge is 0.131 e. The minimum absolute atomic E-state index is 0.241. The van der Waals surface area contributed by atoms with Crippen molar-refractivity contribution in [2.24, 2.45) is 0 Å². The van der Waals surface area contributed by atoms with Crippen LogP contribution >= 0.6 is 0 Å². The fourth-order valence-corrected chi connectivity index (χ4v) is 1.95. The zero-order chi connectivity index (χ0) is 13.8. The summed E-state index contributed by atoms with van der Waals surface area (Å²) in [5.41, 5.74) is 1.14. The lowest BCUT2D eigenvalue weighted by Crippen LogP contribution is -2.13. The van der Waals surface area contributed by atoms with Crippen molar-refractivity contribution in [2.75, 3.05) is 6.54 Å². The van der Waals surface area contributed by atoms with Gasteiger partial charge in [0.05, 0.1) is 12.8 Å². The third kappa shape index (κ3) is 3.01. The first kappa shape index (κ1) is 13.7. The Morgan fingerprint density at radius 2 is 1.95 bits per heavy atom. The lowest BCUT2D eigenvalue weighted by molar-refractivity contribution is 0.484. The van der Waals surface area contributed by atoms with E-state index in [1.54, 1.807) is 13.0 Å². The second-order valence-corrected chi connectivity index (χ2v) is 4.52. The van der Waals surface area contributed by atoms with Gasteiger partial charge in [0.25, 0.3) is 0 Å². The van der Waals surface area contributed by atoms with Gasteiger partial charge >= 0.3 is 0 Å². The van der Waals surface area contributed by atoms with Crippen molar-refractivity contribution in [3.63, 3.8) is 0 Å². The monoisotopic (exact) mass is 265 g/mol. The number of furan rings is 1. The molecule has 4 heteroatoms. The molecule has 0 amide bonds. The van der Waals surface area contributed by atoms with Gasteiger partial charge in [0, 0.05) is 11.1 Å². The SMILES string of the molecule is CCCNCc1occc1-c1cc(F)c(C)cc1F. The number of hydrogen-bond donors (Lipinski definition) is 1. The number of halogens is 2. The average molecular weight is 265 g/mol. The van der Waals surface area contributed by atoms with Crippen LogP contribution in [-0.2, 0) is 6.54 Å². The molecular formula is C15H17F2NO. The molecule has 0 bridgehead atoms. The summed E-state index contributed by atoms with van der Waals surface area (Å²) in [7, 11) is 0. The molecule has 2 nitrogen and oxygen atoms in total. The van der Waals surface area contributed by atoms with Crippen LogP contribution in [-0.4, -0.2) is 6.54 Å². The second kappa shape index (κ2) is 5.97. The summed E-state index contributed by atoms with van der Waals surface area (Å²) in [6.07, 6.45) is 2.50. The van der Waals surface area contributed by atoms with Crippen molar-refractivity contribution < 1.29 is 13.2 Å². The van der Waals surface area contributed by atoms with Crippen molar-refractivity contribution >= 4 is 0 Å². The van der Waals surface area contributed by atoms with Gasteiger partial charge in [-0.3, -0.25) is 0 Å². The first-order valence-corrected chi connectivity index (χ1v) is 6.36. The van der Waals surface area contributed by atoms with E-state index in [2.05, 4.69) is 12.2 Å². The molecule has 0 spiro atoms. The molecule has 0 atom stereocenters. The summed E-state index contributed by atoms with van der Waals surface area (Å²) >= 11 is 0. The van der Waals surface area contributed by atoms with E-state index in [9.17, 15) is 8.78 Å². The Morgan fingerprint density at radius 1 is 1.16 bits per heavy atom. The van der Waals surface area contributed by atoms with Crippen LogP contribution in [0.1, 0.15) is 24.7 Å². The van der Waals surface area contributed by atoms with E-state index in [1.807, 2.05) is 0 Å². The minimum Gasteiger partial charge on any atom is -0.467 e. The first-order valence-electron chi connectivity index (χ1n) is 6.36. The molecule has 2 aromatic rings. The fraction of sp³-hybridized carbons (Fsp3) is 0.333. The highest BCUT2D eigenvalue weighted by atomic mass is 19.1. The molecule has 1 N–H and O–H groups in total. The van der Waals surface area contributed by atoms with Crippen molar-refractivity contribution in [3.05, 3.63) is 47.4 Å². The van der Waals surface area contributed by atoms with Gasteiger partial charge in [-0.1, -0.05) is 6.92 Å². The topological polar surface area (TPSA) is 25.2 Å². The third-order valence-electron chi connectivity index (χ3n) is 3.00. The molecule has 0 radical (unpaired) electrons. The summed E-state index contributed by atoms with van der Waals surface area (Å²) < 4.78 is 32.8. The van der Waals surface area contributed by atoms with Crippen LogP contribution in [0, 0.1) is 18.6 Å². The quantitative estimate of drug-likeness (QED) is 0.826. The Hall–Kier alpha value is -1.68. The van der Waals surface area contributed by atoms with Gasteiger partial charge in [0.2, 0.25) is 0 Å². The lowest BCUT2D eigenvalue weighted by Gasteiger charge is -2.07. The molecule has 0 unspecified atom stereocenters. The Kier molecular flexibility index (Phi) is 4.32. The third-order valence-corrected chi connectivity index (χ3v) is 3.00. The van der Waals surface area contributed by atoms with E-state index in [1.165, 1.54) is 18.4 Å². The molecule has 0 aliphatic carbocycles. The van der Waals surface area contributed by atoms with Gasteiger partial charge < -0.3 is 9.73 Å². The van der Waals surface area contributed by atoms with Crippen molar-refractivity contribution in [2.45, 2.75) is 26.8 Å². The highest BCUT2D eigenvalue weighted by molar-refractivity contribution is 5.66. The number of hydrogen-bond acceptors (Lipinski definition) is 2. The van der Waals surface area contributed by atoms with Crippen LogP contribution in [0.4, 0.5) is 8.78 Å². The van der Waals surface area contributed by atoms with Gasteiger partial charge in [-0.05, 0) is 43.7 Å². The summed E-state index contributed by atoms with van der Waals surface area (Å²) in [4.78, 5) is 0. The first-order chi connectivity index (χ1) is 9.13. The van der Waals surface area contributed by atoms with E-state index < -0.39 is 11.6 Å². The van der Waals surface area contributed by atoms with Crippen LogP contribution in [0.5, 0.6) is 0 Å². The standard InChI is InChI=1S/C15H17F2NO/c1-3-5-18-9-15-11(4-6-19-15)12-8-13(16)10(2)7-14(12)17/h4,6-8,18H,3,5,9H2,1-2H3. The molecule has 1 aromatic heterocycles. The maximum atomic E-state index is 13.9. The van der Waals surface area contributed by atoms with Crippen molar-refractivity contribution in [1.82, 2.24) is 5.32 Å². The van der Waals surface area contributed by atoms with Crippen molar-refractivity contribution in [3.8, 4) is 11.1 Å². The Bertz CT molecular complexity index is 563. The average Bonchev–Trinajstić information content (AvgIpc) is 2.82. The number of nitrogens with one attached hydrogen (secondary N) is 1. The highest BCUT2D eigenvalue weighted by Gasteiger charge is 2.14. The van der Waals surface area contributed by atoms with Gasteiger partial charge in [-0.15, -0.1) is 0 Å². The van der Waals surface area contributed by atoms with E-state index >= 15 is 0 Å². The van der Waals surface area contributed by atoms with Gasteiger partial charge in [-0.2, -0.15) is 0 Å². The van der Waals surface area contributed by atoms with E-state index in [0.717, 1.165) is 13.0 Å². The fourth-order valence-electron chi connectivity index (χ4n) is 1.95. The number of rotatable bonds is 5. The molecule has 0 aliphatic heterocycles. The molecular weight excluding hydrogens is 248 g/mol. The predicted molar refractivity (Wildman–Crippen MR) is 70.8 cm³/mol. The van der Waals surface area contributed by atoms with Gasteiger partial charge in [0.15, 0.2) is 0 Å². The summed E-state index contributed by atoms with van der Waals surface area (Å²) in [5, 5.41) is 3.18. The van der Waals surface area contributed by atoms with E-state index in [0.29, 0.717) is 23.4 Å². The zero-order valence-corrected chi connectivity index (χ0v) is 11.1. The minimum atomic E-state index is -0.433. The van der Waals surface area contributed by atoms with Gasteiger partial charge in [-0.25, -0.2) is 8.78 Å². The summed E-state index contributed by atoms with van der Waals surface area (Å²) in [6.45, 7) is 4.96. The van der Waals surface area contributed by atoms with Crippen molar-refractivity contribution in [1.29, 1.82) is 0 Å². The van der Waals surface area contributed by atoms with Gasteiger partial charge in [0.1, 0.15) is 17.4 Å². The molecule has 19 heavy (non-hydrogen) atoms. The maximum Gasteiger partial charge on any atom is 0.131 e. The van der Waals surface area contributed by atoms with E-state index in [-0.39, 0.29) is 5.56 Å². The molecule has 0 fully saturated rings. The van der Waals surface area contributed by atoms with Crippen LogP contribution in [0.3, 0.4) is 0 Å². The normalized spacial score (nSPS) is 10.9. The van der Waals surface area contributed by atoms with E-state index in [4.69, 9.17) is 4.42 Å². The Balaban J connectivity index is 2.32. The van der Waals surface area contributed by atoms with Crippen LogP contribution in [0.15, 0.2) is 28.9 Å². The Morgan fingerprint density at radius 3 is 2.68 bits per heavy atom. The molecule has 2 rings (SSSR count). The maximum absolute atomic E-state index is 13.9. The summed E-state index contributed by atoms with van der Waals surface area (Å²) in [6, 6.07) is 4.09. The zero-order valence-electron chi connectivity index (χ0n) is 11.1.